The predicted octanol–water partition coefficient (Wildman–Crippen LogP) is 3.90. The van der Waals surface area contributed by atoms with Crippen LogP contribution in [-0.4, -0.2) is 17.6 Å². The zero-order valence-electron chi connectivity index (χ0n) is 12.4. The molecule has 3 N–H and O–H groups in total. The number of halogens is 3. The van der Waals surface area contributed by atoms with Gasteiger partial charge in [0, 0.05) is 29.9 Å². The quantitative estimate of drug-likeness (QED) is 0.858. The van der Waals surface area contributed by atoms with Crippen molar-refractivity contribution in [2.24, 2.45) is 5.73 Å². The van der Waals surface area contributed by atoms with Gasteiger partial charge in [-0.05, 0) is 17.7 Å². The first-order valence-electron chi connectivity index (χ1n) is 7.16. The third kappa shape index (κ3) is 3.33. The van der Waals surface area contributed by atoms with Gasteiger partial charge in [0.1, 0.15) is 0 Å². The number of benzene rings is 1. The van der Waals surface area contributed by atoms with Crippen molar-refractivity contribution in [3.05, 3.63) is 62.9 Å². The number of nitrogens with one attached hydrogen (secondary N) is 1. The highest BCUT2D eigenvalue weighted by molar-refractivity contribution is 6.42. The number of hydrogen-bond donors (Lipinski definition) is 2. The summed E-state index contributed by atoms with van der Waals surface area (Å²) in [4.78, 5) is 4.06. The third-order valence-electron chi connectivity index (χ3n) is 4.10. The molecule has 0 bridgehead atoms. The van der Waals surface area contributed by atoms with E-state index in [2.05, 4.69) is 17.2 Å². The Hall–Kier alpha value is -0.880. The average Bonchev–Trinajstić information content (AvgIpc) is 2.93. The minimum Gasteiger partial charge on any atom is -0.342 e. The molecule has 1 aromatic heterocycles. The molecule has 3 rings (SSSR count). The summed E-state index contributed by atoms with van der Waals surface area (Å²) in [6, 6.07) is 7.32. The van der Waals surface area contributed by atoms with Gasteiger partial charge in [-0.15, -0.1) is 0 Å². The number of pyridine rings is 1. The Morgan fingerprint density at radius 2 is 2.13 bits per heavy atom. The van der Waals surface area contributed by atoms with Gasteiger partial charge in [0.2, 0.25) is 5.85 Å². The lowest BCUT2D eigenvalue weighted by Crippen LogP contribution is -2.50. The Bertz CT molecular complexity index is 727. The third-order valence-corrected chi connectivity index (χ3v) is 5.14. The lowest BCUT2D eigenvalue weighted by Gasteiger charge is -2.26. The SMILES string of the molecule is CC(c1cccc(Cl)c1Cl)C1COC(N)(c2cncc(Cl)c2)N1. The zero-order valence-corrected chi connectivity index (χ0v) is 14.7. The van der Waals surface area contributed by atoms with Crippen LogP contribution in [-0.2, 0) is 10.6 Å². The molecule has 0 spiro atoms. The minimum atomic E-state index is -1.12. The van der Waals surface area contributed by atoms with Crippen LogP contribution in [0.1, 0.15) is 24.0 Å². The van der Waals surface area contributed by atoms with Gasteiger partial charge in [0.15, 0.2) is 0 Å². The molecule has 3 atom stereocenters. The Balaban J connectivity index is 1.83. The molecule has 23 heavy (non-hydrogen) atoms. The van der Waals surface area contributed by atoms with Crippen LogP contribution in [0, 0.1) is 0 Å². The summed E-state index contributed by atoms with van der Waals surface area (Å²) < 4.78 is 5.80. The number of rotatable bonds is 3. The summed E-state index contributed by atoms with van der Waals surface area (Å²) >= 11 is 18.4. The summed E-state index contributed by atoms with van der Waals surface area (Å²) in [6.07, 6.45) is 3.19. The smallest absolute Gasteiger partial charge is 0.201 e. The first-order valence-corrected chi connectivity index (χ1v) is 8.29. The first-order chi connectivity index (χ1) is 10.9. The van der Waals surface area contributed by atoms with E-state index in [0.717, 1.165) is 5.56 Å². The van der Waals surface area contributed by atoms with Crippen LogP contribution in [0.25, 0.3) is 0 Å². The highest BCUT2D eigenvalue weighted by atomic mass is 35.5. The van der Waals surface area contributed by atoms with Crippen molar-refractivity contribution in [2.75, 3.05) is 6.61 Å². The number of hydrogen-bond acceptors (Lipinski definition) is 4. The van der Waals surface area contributed by atoms with Gasteiger partial charge in [-0.1, -0.05) is 53.9 Å². The molecule has 7 heteroatoms. The molecule has 1 aromatic carbocycles. The van der Waals surface area contributed by atoms with E-state index in [-0.39, 0.29) is 12.0 Å². The van der Waals surface area contributed by atoms with Gasteiger partial charge < -0.3 is 4.74 Å². The fourth-order valence-corrected chi connectivity index (χ4v) is 3.37. The Kier molecular flexibility index (Phi) is 4.83. The lowest BCUT2D eigenvalue weighted by molar-refractivity contribution is -0.00936. The van der Waals surface area contributed by atoms with Gasteiger partial charge in [0.25, 0.3) is 0 Å². The number of aromatic nitrogens is 1. The van der Waals surface area contributed by atoms with Crippen LogP contribution < -0.4 is 11.1 Å². The zero-order chi connectivity index (χ0) is 16.6. The van der Waals surface area contributed by atoms with Crippen molar-refractivity contribution >= 4 is 34.8 Å². The second-order valence-corrected chi connectivity index (χ2v) is 6.84. The Labute approximate surface area is 149 Å². The molecule has 0 aliphatic carbocycles. The normalized spacial score (nSPS) is 25.5. The maximum absolute atomic E-state index is 6.33. The van der Waals surface area contributed by atoms with E-state index in [1.807, 2.05) is 12.1 Å². The van der Waals surface area contributed by atoms with Gasteiger partial charge in [-0.3, -0.25) is 16.0 Å². The fourth-order valence-electron chi connectivity index (χ4n) is 2.72. The van der Waals surface area contributed by atoms with Gasteiger partial charge in [0.05, 0.1) is 21.7 Å². The van der Waals surface area contributed by atoms with E-state index in [9.17, 15) is 0 Å². The molecule has 0 saturated carbocycles. The molecule has 3 unspecified atom stereocenters. The Morgan fingerprint density at radius 1 is 1.35 bits per heavy atom. The topological polar surface area (TPSA) is 60.2 Å². The summed E-state index contributed by atoms with van der Waals surface area (Å²) in [5.74, 6) is -1.05. The van der Waals surface area contributed by atoms with Crippen LogP contribution in [0.2, 0.25) is 15.1 Å². The second-order valence-electron chi connectivity index (χ2n) is 5.62. The molecule has 122 valence electrons. The molecule has 1 fully saturated rings. The Morgan fingerprint density at radius 3 is 2.87 bits per heavy atom. The monoisotopic (exact) mass is 371 g/mol. The molecule has 0 radical (unpaired) electrons. The first kappa shape index (κ1) is 17.0. The summed E-state index contributed by atoms with van der Waals surface area (Å²) in [5, 5.41) is 4.91. The minimum absolute atomic E-state index is 0.0186. The number of ether oxygens (including phenoxy) is 1. The highest BCUT2D eigenvalue weighted by Gasteiger charge is 2.41. The fraction of sp³-hybridized carbons (Fsp3) is 0.312. The largest absolute Gasteiger partial charge is 0.342 e. The molecule has 1 saturated heterocycles. The van der Waals surface area contributed by atoms with E-state index >= 15 is 0 Å². The molecule has 1 aliphatic rings. The van der Waals surface area contributed by atoms with Crippen molar-refractivity contribution in [3.63, 3.8) is 0 Å². The van der Waals surface area contributed by atoms with Crippen LogP contribution >= 0.6 is 34.8 Å². The van der Waals surface area contributed by atoms with Crippen LogP contribution in [0.15, 0.2) is 36.7 Å². The van der Waals surface area contributed by atoms with E-state index in [0.29, 0.717) is 27.2 Å². The summed E-state index contributed by atoms with van der Waals surface area (Å²) in [7, 11) is 0. The maximum Gasteiger partial charge on any atom is 0.201 e. The standard InChI is InChI=1S/C16H16Cl3N3O/c1-9(12-3-2-4-13(18)15(12)19)14-8-23-16(20,22-14)10-5-11(17)7-21-6-10/h2-7,9,14,22H,8,20H2,1H3. The molecular weight excluding hydrogens is 357 g/mol. The number of nitrogens with two attached hydrogens (primary N) is 1. The van der Waals surface area contributed by atoms with Crippen molar-refractivity contribution < 1.29 is 4.74 Å². The van der Waals surface area contributed by atoms with E-state index in [1.165, 1.54) is 0 Å². The molecule has 0 amide bonds. The van der Waals surface area contributed by atoms with Crippen LogP contribution in [0.4, 0.5) is 0 Å². The maximum atomic E-state index is 6.33. The van der Waals surface area contributed by atoms with Crippen molar-refractivity contribution in [2.45, 2.75) is 24.7 Å². The van der Waals surface area contributed by atoms with Gasteiger partial charge in [-0.25, -0.2) is 0 Å². The van der Waals surface area contributed by atoms with Crippen LogP contribution in [0.3, 0.4) is 0 Å². The van der Waals surface area contributed by atoms with Crippen molar-refractivity contribution in [1.82, 2.24) is 10.3 Å². The second kappa shape index (κ2) is 6.55. The van der Waals surface area contributed by atoms with E-state index in [4.69, 9.17) is 45.3 Å². The van der Waals surface area contributed by atoms with Crippen molar-refractivity contribution in [3.8, 4) is 0 Å². The highest BCUT2D eigenvalue weighted by Crippen LogP contribution is 2.35. The predicted molar refractivity (Wildman–Crippen MR) is 92.9 cm³/mol. The molecule has 1 aliphatic heterocycles. The average molecular weight is 373 g/mol. The van der Waals surface area contributed by atoms with E-state index < -0.39 is 5.85 Å². The number of nitrogens with zero attached hydrogens (tertiary/aromatic N) is 1. The molecular formula is C16H16Cl3N3O. The van der Waals surface area contributed by atoms with E-state index in [1.54, 1.807) is 24.5 Å². The van der Waals surface area contributed by atoms with Crippen LogP contribution in [0.5, 0.6) is 0 Å². The van der Waals surface area contributed by atoms with Gasteiger partial charge in [-0.2, -0.15) is 0 Å². The summed E-state index contributed by atoms with van der Waals surface area (Å²) in [6.45, 7) is 2.49. The van der Waals surface area contributed by atoms with Gasteiger partial charge >= 0.3 is 0 Å². The molecule has 2 aromatic rings. The molecule has 2 heterocycles. The van der Waals surface area contributed by atoms with Crippen molar-refractivity contribution in [1.29, 1.82) is 0 Å². The summed E-state index contributed by atoms with van der Waals surface area (Å²) in [5.41, 5.74) is 7.96. The molecule has 4 nitrogen and oxygen atoms in total. The lowest BCUT2D eigenvalue weighted by atomic mass is 9.93.